The third-order valence-corrected chi connectivity index (χ3v) is 3.19. The molecule has 0 aliphatic carbocycles. The van der Waals surface area contributed by atoms with Gasteiger partial charge in [-0.05, 0) is 17.6 Å². The van der Waals surface area contributed by atoms with Crippen molar-refractivity contribution in [2.75, 3.05) is 0 Å². The van der Waals surface area contributed by atoms with Crippen molar-refractivity contribution in [2.24, 2.45) is 4.90 Å². The second-order valence-corrected chi connectivity index (χ2v) is 4.89. The first-order chi connectivity index (χ1) is 8.83. The van der Waals surface area contributed by atoms with E-state index in [0.29, 0.717) is 0 Å². The molecule has 3 rings (SSSR count). The smallest absolute Gasteiger partial charge is 0.300 e. The van der Waals surface area contributed by atoms with Crippen molar-refractivity contribution in [1.29, 1.82) is 0 Å². The number of halogens is 1. The van der Waals surface area contributed by atoms with E-state index in [-0.39, 0.29) is 7.05 Å². The Bertz CT molecular complexity index is 589. The summed E-state index contributed by atoms with van der Waals surface area (Å²) >= 11 is 3.44. The number of hydroxylamine groups is 1. The van der Waals surface area contributed by atoms with Crippen LogP contribution in [-0.4, -0.2) is 12.9 Å². The molecule has 0 saturated heterocycles. The topological polar surface area (TPSA) is 33.6 Å². The first-order valence-electron chi connectivity index (χ1n) is 5.63. The molecule has 1 aliphatic heterocycles. The Kier molecular flexibility index (Phi) is 3.17. The molecule has 88 valence electrons. The monoisotopic (exact) mass is 300 g/mol. The number of nitrogens with one attached hydrogen (secondary N) is 1. The Morgan fingerprint density at radius 2 is 1.89 bits per heavy atom. The zero-order chi connectivity index (χ0) is 12.4. The molecule has 0 aromatic heterocycles. The molecule has 0 fully saturated rings. The van der Waals surface area contributed by atoms with Crippen LogP contribution < -0.4 is 10.9 Å². The maximum absolute atomic E-state index is 5.49. The first kappa shape index (κ1) is 11.5. The summed E-state index contributed by atoms with van der Waals surface area (Å²) < 4.78 is 6.51. The van der Waals surface area contributed by atoms with Crippen molar-refractivity contribution in [3.63, 3.8) is 0 Å². The number of benzene rings is 2. The van der Waals surface area contributed by atoms with Crippen LogP contribution in [0.5, 0.6) is 0 Å². The van der Waals surface area contributed by atoms with E-state index < -0.39 is 0 Å². The van der Waals surface area contributed by atoms with Gasteiger partial charge < -0.3 is 0 Å². The fraction of sp³-hybridized carbons (Fsp3) is 0. The highest BCUT2D eigenvalue weighted by atomic mass is 79.9. The van der Waals surface area contributed by atoms with Crippen molar-refractivity contribution >= 4 is 34.3 Å². The Hall–Kier alpha value is -1.59. The van der Waals surface area contributed by atoms with Crippen LogP contribution >= 0.6 is 15.9 Å². The number of amidine groups is 1. The van der Waals surface area contributed by atoms with Crippen molar-refractivity contribution in [1.82, 2.24) is 5.48 Å². The molecule has 0 spiro atoms. The highest BCUT2D eigenvalue weighted by Crippen LogP contribution is 2.09. The van der Waals surface area contributed by atoms with Gasteiger partial charge in [0.25, 0.3) is 0 Å². The van der Waals surface area contributed by atoms with Gasteiger partial charge in [0.2, 0.25) is 0 Å². The molecule has 0 bridgehead atoms. The Morgan fingerprint density at radius 3 is 2.67 bits per heavy atom. The SMILES string of the molecule is Brc1cccc(B2N=C(c3ccccc3)NO2)c1. The molecule has 5 heteroatoms. The lowest BCUT2D eigenvalue weighted by atomic mass is 9.75. The van der Waals surface area contributed by atoms with Crippen LogP contribution in [0.25, 0.3) is 0 Å². The lowest BCUT2D eigenvalue weighted by Gasteiger charge is -2.02. The van der Waals surface area contributed by atoms with Crippen molar-refractivity contribution in [3.8, 4) is 0 Å². The van der Waals surface area contributed by atoms with Gasteiger partial charge in [0.1, 0.15) is 5.84 Å². The van der Waals surface area contributed by atoms with E-state index in [1.54, 1.807) is 0 Å². The molecular weight excluding hydrogens is 291 g/mol. The fourth-order valence-corrected chi connectivity index (χ4v) is 2.23. The van der Waals surface area contributed by atoms with Crippen LogP contribution in [0, 0.1) is 0 Å². The van der Waals surface area contributed by atoms with Crippen LogP contribution in [0.3, 0.4) is 0 Å². The zero-order valence-corrected chi connectivity index (χ0v) is 11.1. The van der Waals surface area contributed by atoms with Gasteiger partial charge in [-0.15, -0.1) is 0 Å². The highest BCUT2D eigenvalue weighted by Gasteiger charge is 2.27. The molecule has 2 aromatic rings. The molecule has 3 nitrogen and oxygen atoms in total. The summed E-state index contributed by atoms with van der Waals surface area (Å²) in [7, 11) is -0.294. The molecule has 1 aliphatic rings. The summed E-state index contributed by atoms with van der Waals surface area (Å²) in [5, 5.41) is 0. The van der Waals surface area contributed by atoms with E-state index in [0.717, 1.165) is 21.3 Å². The minimum Gasteiger partial charge on any atom is -0.300 e. The van der Waals surface area contributed by atoms with Gasteiger partial charge in [0.05, 0.1) is 0 Å². The summed E-state index contributed by atoms with van der Waals surface area (Å²) in [5.41, 5.74) is 4.92. The van der Waals surface area contributed by atoms with E-state index >= 15 is 0 Å². The van der Waals surface area contributed by atoms with Crippen LogP contribution in [-0.2, 0) is 4.76 Å². The first-order valence-corrected chi connectivity index (χ1v) is 6.42. The van der Waals surface area contributed by atoms with Gasteiger partial charge in [0, 0.05) is 10.0 Å². The summed E-state index contributed by atoms with van der Waals surface area (Å²) in [6.45, 7) is 0. The van der Waals surface area contributed by atoms with E-state index in [4.69, 9.17) is 4.76 Å². The van der Waals surface area contributed by atoms with Gasteiger partial charge in [-0.2, -0.15) is 0 Å². The van der Waals surface area contributed by atoms with E-state index in [9.17, 15) is 0 Å². The predicted molar refractivity (Wildman–Crippen MR) is 76.7 cm³/mol. The summed E-state index contributed by atoms with van der Waals surface area (Å²) in [6.07, 6.45) is 0. The predicted octanol–water partition coefficient (Wildman–Crippen LogP) is 2.13. The maximum atomic E-state index is 5.49. The van der Waals surface area contributed by atoms with Gasteiger partial charge in [-0.1, -0.05) is 58.4 Å². The third-order valence-electron chi connectivity index (χ3n) is 2.69. The van der Waals surface area contributed by atoms with Crippen LogP contribution in [0.1, 0.15) is 5.56 Å². The van der Waals surface area contributed by atoms with Crippen LogP contribution in [0.4, 0.5) is 0 Å². The largest absolute Gasteiger partial charge is 0.496 e. The normalized spacial score (nSPS) is 14.3. The minimum absolute atomic E-state index is 0.294. The second-order valence-electron chi connectivity index (χ2n) is 3.97. The Balaban J connectivity index is 1.88. The third kappa shape index (κ3) is 2.32. The molecule has 2 aromatic carbocycles. The van der Waals surface area contributed by atoms with E-state index in [1.807, 2.05) is 54.6 Å². The van der Waals surface area contributed by atoms with Crippen molar-refractivity contribution < 1.29 is 4.76 Å². The Labute approximate surface area is 114 Å². The average Bonchev–Trinajstić information content (AvgIpc) is 2.89. The minimum atomic E-state index is -0.294. The molecule has 0 saturated carbocycles. The maximum Gasteiger partial charge on any atom is 0.496 e. The fourth-order valence-electron chi connectivity index (χ4n) is 1.81. The lowest BCUT2D eigenvalue weighted by Crippen LogP contribution is -2.31. The summed E-state index contributed by atoms with van der Waals surface area (Å²) in [4.78, 5) is 4.53. The molecule has 0 atom stereocenters. The quantitative estimate of drug-likeness (QED) is 0.862. The van der Waals surface area contributed by atoms with Gasteiger partial charge >= 0.3 is 7.05 Å². The lowest BCUT2D eigenvalue weighted by molar-refractivity contribution is 0.284. The van der Waals surface area contributed by atoms with Gasteiger partial charge in [-0.25, -0.2) is 0 Å². The summed E-state index contributed by atoms with van der Waals surface area (Å²) in [6, 6.07) is 17.9. The number of rotatable bonds is 2. The molecule has 0 radical (unpaired) electrons. The number of hydrogen-bond donors (Lipinski definition) is 1. The highest BCUT2D eigenvalue weighted by molar-refractivity contribution is 9.10. The molecule has 0 amide bonds. The molecular formula is C13H10BBrN2O. The van der Waals surface area contributed by atoms with E-state index in [1.165, 1.54) is 0 Å². The van der Waals surface area contributed by atoms with Crippen molar-refractivity contribution in [3.05, 3.63) is 64.6 Å². The zero-order valence-electron chi connectivity index (χ0n) is 9.51. The Morgan fingerprint density at radius 1 is 1.06 bits per heavy atom. The molecule has 1 N–H and O–H groups in total. The second kappa shape index (κ2) is 4.96. The standard InChI is InChI=1S/C13H10BBrN2O/c15-12-8-4-7-11(9-12)14-16-13(17-18-14)10-5-2-1-3-6-10/h1-9H,(H,16,17). The van der Waals surface area contributed by atoms with Gasteiger partial charge in [0.15, 0.2) is 0 Å². The van der Waals surface area contributed by atoms with Crippen molar-refractivity contribution in [2.45, 2.75) is 0 Å². The average molecular weight is 301 g/mol. The molecule has 0 unspecified atom stereocenters. The van der Waals surface area contributed by atoms with Crippen LogP contribution in [0.2, 0.25) is 0 Å². The summed E-state index contributed by atoms with van der Waals surface area (Å²) in [5.74, 6) is 0.764. The molecule has 18 heavy (non-hydrogen) atoms. The molecule has 1 heterocycles. The van der Waals surface area contributed by atoms with Crippen LogP contribution in [0.15, 0.2) is 64.0 Å². The number of hydrogen-bond acceptors (Lipinski definition) is 3. The van der Waals surface area contributed by atoms with Gasteiger partial charge in [-0.3, -0.25) is 15.1 Å². The number of nitrogens with zero attached hydrogens (tertiary/aromatic N) is 1. The van der Waals surface area contributed by atoms with E-state index in [2.05, 4.69) is 26.3 Å².